The molecule has 4 nitrogen and oxygen atoms in total. The minimum absolute atomic E-state index is 0.0382. The van der Waals surface area contributed by atoms with E-state index in [0.717, 1.165) is 5.56 Å². The van der Waals surface area contributed by atoms with Gasteiger partial charge in [0.15, 0.2) is 0 Å². The number of amides is 2. The Morgan fingerprint density at radius 1 is 1.00 bits per heavy atom. The quantitative estimate of drug-likeness (QED) is 0.647. The molecule has 0 radical (unpaired) electrons. The molecule has 2 amide bonds. The third kappa shape index (κ3) is 6.13. The minimum atomic E-state index is -0.693. The van der Waals surface area contributed by atoms with Crippen LogP contribution in [0.15, 0.2) is 42.5 Å². The van der Waals surface area contributed by atoms with Gasteiger partial charge in [-0.25, -0.2) is 0 Å². The molecule has 0 saturated heterocycles. The summed E-state index contributed by atoms with van der Waals surface area (Å²) in [6, 6.07) is 11.5. The molecule has 0 fully saturated rings. The van der Waals surface area contributed by atoms with Gasteiger partial charge >= 0.3 is 0 Å². The van der Waals surface area contributed by atoms with Gasteiger partial charge in [0.1, 0.15) is 6.04 Å². The van der Waals surface area contributed by atoms with Crippen molar-refractivity contribution in [1.82, 2.24) is 10.2 Å². The Labute approximate surface area is 180 Å². The smallest absolute Gasteiger partial charge is 0.242 e. The van der Waals surface area contributed by atoms with Crippen LogP contribution in [0.25, 0.3) is 0 Å². The largest absolute Gasteiger partial charge is 0.352 e. The number of carbonyl (C=O) groups excluding carboxylic acids is 2. The molecule has 0 heterocycles. The van der Waals surface area contributed by atoms with Gasteiger partial charge in [-0.05, 0) is 50.6 Å². The molecule has 0 spiro atoms. The molecule has 0 saturated carbocycles. The highest BCUT2D eigenvalue weighted by molar-refractivity contribution is 6.36. The summed E-state index contributed by atoms with van der Waals surface area (Å²) < 4.78 is 0. The van der Waals surface area contributed by atoms with Crippen molar-refractivity contribution in [2.24, 2.45) is 0 Å². The SMILES string of the molecule is CC(C)NC(=O)[C@@H](C)N(Cc1c(Cl)cccc1Cl)C(=O)Cc1cccc(Cl)c1. The summed E-state index contributed by atoms with van der Waals surface area (Å²) in [6.07, 6.45) is 0.113. The average Bonchev–Trinajstić information content (AvgIpc) is 2.60. The van der Waals surface area contributed by atoms with E-state index in [2.05, 4.69) is 5.32 Å². The van der Waals surface area contributed by atoms with Gasteiger partial charge in [-0.1, -0.05) is 53.0 Å². The van der Waals surface area contributed by atoms with Crippen molar-refractivity contribution in [3.8, 4) is 0 Å². The first-order valence-electron chi connectivity index (χ1n) is 8.96. The Hall–Kier alpha value is -1.75. The van der Waals surface area contributed by atoms with Crippen LogP contribution in [0.2, 0.25) is 15.1 Å². The lowest BCUT2D eigenvalue weighted by Crippen LogP contribution is -2.49. The molecule has 0 unspecified atom stereocenters. The van der Waals surface area contributed by atoms with Gasteiger partial charge in [0.2, 0.25) is 11.8 Å². The Balaban J connectivity index is 2.31. The third-order valence-corrected chi connectivity index (χ3v) is 5.18. The van der Waals surface area contributed by atoms with Crippen LogP contribution in [-0.4, -0.2) is 28.8 Å². The van der Waals surface area contributed by atoms with E-state index in [0.29, 0.717) is 20.6 Å². The second kappa shape index (κ2) is 10.1. The van der Waals surface area contributed by atoms with E-state index in [-0.39, 0.29) is 30.8 Å². The second-order valence-electron chi connectivity index (χ2n) is 6.87. The second-order valence-corrected chi connectivity index (χ2v) is 8.12. The number of nitrogens with one attached hydrogen (secondary N) is 1. The molecular formula is C21H23Cl3N2O2. The normalized spacial score (nSPS) is 12.0. The van der Waals surface area contributed by atoms with E-state index in [1.54, 1.807) is 43.3 Å². The molecule has 150 valence electrons. The highest BCUT2D eigenvalue weighted by atomic mass is 35.5. The van der Waals surface area contributed by atoms with E-state index >= 15 is 0 Å². The lowest BCUT2D eigenvalue weighted by atomic mass is 10.1. The first-order chi connectivity index (χ1) is 13.2. The number of hydrogen-bond acceptors (Lipinski definition) is 2. The summed E-state index contributed by atoms with van der Waals surface area (Å²) in [7, 11) is 0. The molecule has 0 aliphatic rings. The maximum absolute atomic E-state index is 13.1. The molecular weight excluding hydrogens is 419 g/mol. The first-order valence-corrected chi connectivity index (χ1v) is 10.1. The fourth-order valence-corrected chi connectivity index (χ4v) is 3.49. The molecule has 0 aromatic heterocycles. The Kier molecular flexibility index (Phi) is 8.17. The summed E-state index contributed by atoms with van der Waals surface area (Å²) in [5.74, 6) is -0.456. The zero-order valence-corrected chi connectivity index (χ0v) is 18.3. The van der Waals surface area contributed by atoms with Crippen LogP contribution in [0, 0.1) is 0 Å². The molecule has 2 rings (SSSR count). The van der Waals surface area contributed by atoms with E-state index in [1.807, 2.05) is 19.9 Å². The predicted molar refractivity (Wildman–Crippen MR) is 115 cm³/mol. The topological polar surface area (TPSA) is 49.4 Å². The lowest BCUT2D eigenvalue weighted by molar-refractivity contribution is -0.140. The number of benzene rings is 2. The molecule has 0 aliphatic heterocycles. The van der Waals surface area contributed by atoms with Gasteiger partial charge in [0, 0.05) is 33.2 Å². The van der Waals surface area contributed by atoms with E-state index in [1.165, 1.54) is 4.90 Å². The van der Waals surface area contributed by atoms with Crippen LogP contribution in [0.4, 0.5) is 0 Å². The standard InChI is InChI=1S/C21H23Cl3N2O2/c1-13(2)25-21(28)14(3)26(12-17-18(23)8-5-9-19(17)24)20(27)11-15-6-4-7-16(22)10-15/h4-10,13-14H,11-12H2,1-3H3,(H,25,28)/t14-/m1/s1. The fraction of sp³-hybridized carbons (Fsp3) is 0.333. The monoisotopic (exact) mass is 440 g/mol. The van der Waals surface area contributed by atoms with Crippen LogP contribution in [-0.2, 0) is 22.6 Å². The summed E-state index contributed by atoms with van der Waals surface area (Å²) in [5, 5.41) is 4.30. The van der Waals surface area contributed by atoms with Gasteiger partial charge in [0.25, 0.3) is 0 Å². The summed E-state index contributed by atoms with van der Waals surface area (Å²) in [5.41, 5.74) is 1.37. The number of rotatable bonds is 7. The van der Waals surface area contributed by atoms with Crippen molar-refractivity contribution < 1.29 is 9.59 Å². The molecule has 1 N–H and O–H groups in total. The molecule has 0 bridgehead atoms. The van der Waals surface area contributed by atoms with Crippen LogP contribution in [0.1, 0.15) is 31.9 Å². The third-order valence-electron chi connectivity index (χ3n) is 4.23. The van der Waals surface area contributed by atoms with E-state index in [4.69, 9.17) is 34.8 Å². The minimum Gasteiger partial charge on any atom is -0.352 e. The molecule has 0 aliphatic carbocycles. The van der Waals surface area contributed by atoms with Crippen molar-refractivity contribution in [3.63, 3.8) is 0 Å². The lowest BCUT2D eigenvalue weighted by Gasteiger charge is -2.30. The predicted octanol–water partition coefficient (Wildman–Crippen LogP) is 5.13. The molecule has 1 atom stereocenters. The maximum Gasteiger partial charge on any atom is 0.242 e. The number of carbonyl (C=O) groups is 2. The molecule has 7 heteroatoms. The summed E-state index contributed by atoms with van der Waals surface area (Å²) in [6.45, 7) is 5.56. The Morgan fingerprint density at radius 3 is 2.18 bits per heavy atom. The molecule has 2 aromatic rings. The van der Waals surface area contributed by atoms with Gasteiger partial charge in [0.05, 0.1) is 6.42 Å². The van der Waals surface area contributed by atoms with E-state index in [9.17, 15) is 9.59 Å². The zero-order valence-electron chi connectivity index (χ0n) is 16.0. The Bertz CT molecular complexity index is 835. The number of nitrogens with zero attached hydrogens (tertiary/aromatic N) is 1. The van der Waals surface area contributed by atoms with Crippen LogP contribution < -0.4 is 5.32 Å². The van der Waals surface area contributed by atoms with Crippen molar-refractivity contribution in [3.05, 3.63) is 68.7 Å². The van der Waals surface area contributed by atoms with Gasteiger partial charge < -0.3 is 10.2 Å². The van der Waals surface area contributed by atoms with Crippen LogP contribution >= 0.6 is 34.8 Å². The highest BCUT2D eigenvalue weighted by Gasteiger charge is 2.27. The van der Waals surface area contributed by atoms with Gasteiger partial charge in [-0.2, -0.15) is 0 Å². The highest BCUT2D eigenvalue weighted by Crippen LogP contribution is 2.27. The van der Waals surface area contributed by atoms with Crippen molar-refractivity contribution >= 4 is 46.6 Å². The fourth-order valence-electron chi connectivity index (χ4n) is 2.76. The van der Waals surface area contributed by atoms with Crippen molar-refractivity contribution in [2.75, 3.05) is 0 Å². The van der Waals surface area contributed by atoms with Crippen molar-refractivity contribution in [2.45, 2.75) is 45.8 Å². The summed E-state index contributed by atoms with van der Waals surface area (Å²) >= 11 is 18.6. The Morgan fingerprint density at radius 2 is 1.61 bits per heavy atom. The maximum atomic E-state index is 13.1. The molecule has 28 heavy (non-hydrogen) atoms. The van der Waals surface area contributed by atoms with Crippen LogP contribution in [0.3, 0.4) is 0 Å². The van der Waals surface area contributed by atoms with E-state index < -0.39 is 6.04 Å². The zero-order chi connectivity index (χ0) is 20.8. The first kappa shape index (κ1) is 22.5. The summed E-state index contributed by atoms with van der Waals surface area (Å²) in [4.78, 5) is 27.2. The number of halogens is 3. The van der Waals surface area contributed by atoms with Gasteiger partial charge in [-0.15, -0.1) is 0 Å². The van der Waals surface area contributed by atoms with Crippen molar-refractivity contribution in [1.29, 1.82) is 0 Å². The van der Waals surface area contributed by atoms with Crippen LogP contribution in [0.5, 0.6) is 0 Å². The van der Waals surface area contributed by atoms with Gasteiger partial charge in [-0.3, -0.25) is 9.59 Å². The average molecular weight is 442 g/mol. The molecule has 2 aromatic carbocycles. The number of hydrogen-bond donors (Lipinski definition) is 1.